The molecule has 2 rings (SSSR count). The highest BCUT2D eigenvalue weighted by Crippen LogP contribution is 2.15. The Morgan fingerprint density at radius 3 is 2.83 bits per heavy atom. The number of nitrogens with one attached hydrogen (secondary N) is 1. The number of piperazine rings is 1. The molecule has 2 aliphatic heterocycles. The average Bonchev–Trinajstić information content (AvgIpc) is 2.69. The molecule has 0 radical (unpaired) electrons. The monoisotopic (exact) mass is 255 g/mol. The molecule has 2 aliphatic rings. The molecule has 0 aromatic rings. The minimum absolute atomic E-state index is 0.00372. The molecule has 2 atom stereocenters. The molecule has 8 nitrogen and oxygen atoms in total. The fourth-order valence-electron chi connectivity index (χ4n) is 2.34. The van der Waals surface area contributed by atoms with Crippen LogP contribution in [-0.2, 0) is 9.59 Å². The van der Waals surface area contributed by atoms with Crippen molar-refractivity contribution in [1.82, 2.24) is 15.1 Å². The molecule has 18 heavy (non-hydrogen) atoms. The first-order valence-corrected chi connectivity index (χ1v) is 5.86. The third-order valence-electron chi connectivity index (χ3n) is 3.28. The van der Waals surface area contributed by atoms with E-state index in [1.165, 1.54) is 0 Å². The van der Waals surface area contributed by atoms with Crippen LogP contribution in [0, 0.1) is 0 Å². The quantitative estimate of drug-likeness (QED) is 0.513. The van der Waals surface area contributed by atoms with Crippen molar-refractivity contribution in [3.8, 4) is 0 Å². The molecule has 0 saturated carbocycles. The number of primary amides is 1. The molecule has 100 valence electrons. The van der Waals surface area contributed by atoms with Crippen LogP contribution in [0.5, 0.6) is 0 Å². The van der Waals surface area contributed by atoms with Crippen molar-refractivity contribution in [2.75, 3.05) is 26.2 Å². The highest BCUT2D eigenvalue weighted by Gasteiger charge is 2.37. The lowest BCUT2D eigenvalue weighted by Crippen LogP contribution is -2.57. The van der Waals surface area contributed by atoms with Crippen LogP contribution in [0.4, 0.5) is 4.79 Å². The van der Waals surface area contributed by atoms with Gasteiger partial charge in [0.1, 0.15) is 0 Å². The van der Waals surface area contributed by atoms with E-state index in [9.17, 15) is 14.4 Å². The standard InChI is InChI=1S/C10H17N5O3/c11-7(3-8(12)16)9(17)14-1-2-15-6(5-14)4-13-10(15)18/h6-7H,1-5,11H2,(H2,12,16)(H,13,18). The van der Waals surface area contributed by atoms with Crippen LogP contribution in [0.1, 0.15) is 6.42 Å². The van der Waals surface area contributed by atoms with E-state index in [2.05, 4.69) is 5.32 Å². The summed E-state index contributed by atoms with van der Waals surface area (Å²) in [4.78, 5) is 37.4. The number of hydrogen-bond acceptors (Lipinski definition) is 4. The van der Waals surface area contributed by atoms with E-state index in [1.54, 1.807) is 9.80 Å². The minimum atomic E-state index is -0.890. The first-order valence-electron chi connectivity index (χ1n) is 5.86. The number of amides is 4. The van der Waals surface area contributed by atoms with E-state index in [1.807, 2.05) is 0 Å². The molecule has 0 aliphatic carbocycles. The van der Waals surface area contributed by atoms with E-state index >= 15 is 0 Å². The number of nitrogens with two attached hydrogens (primary N) is 2. The highest BCUT2D eigenvalue weighted by molar-refractivity contribution is 5.88. The first kappa shape index (κ1) is 12.6. The van der Waals surface area contributed by atoms with Crippen LogP contribution in [-0.4, -0.2) is 65.9 Å². The first-order chi connectivity index (χ1) is 8.49. The molecule has 2 fully saturated rings. The number of fused-ring (bicyclic) bond motifs is 1. The van der Waals surface area contributed by atoms with E-state index in [0.717, 1.165) is 0 Å². The molecule has 4 amide bonds. The Balaban J connectivity index is 1.93. The molecule has 8 heteroatoms. The van der Waals surface area contributed by atoms with Gasteiger partial charge in [0.15, 0.2) is 0 Å². The van der Waals surface area contributed by atoms with Gasteiger partial charge in [-0.15, -0.1) is 0 Å². The molecule has 2 heterocycles. The summed E-state index contributed by atoms with van der Waals surface area (Å²) in [6, 6.07) is -0.983. The summed E-state index contributed by atoms with van der Waals surface area (Å²) < 4.78 is 0. The van der Waals surface area contributed by atoms with E-state index < -0.39 is 11.9 Å². The van der Waals surface area contributed by atoms with Gasteiger partial charge >= 0.3 is 6.03 Å². The summed E-state index contributed by atoms with van der Waals surface area (Å²) >= 11 is 0. The van der Waals surface area contributed by atoms with Gasteiger partial charge in [-0.05, 0) is 0 Å². The van der Waals surface area contributed by atoms with Gasteiger partial charge in [0.2, 0.25) is 11.8 Å². The zero-order chi connectivity index (χ0) is 13.3. The van der Waals surface area contributed by atoms with Crippen LogP contribution < -0.4 is 16.8 Å². The molecule has 0 bridgehead atoms. The zero-order valence-corrected chi connectivity index (χ0v) is 9.96. The van der Waals surface area contributed by atoms with Crippen LogP contribution in [0.25, 0.3) is 0 Å². The lowest BCUT2D eigenvalue weighted by molar-refractivity contribution is -0.136. The minimum Gasteiger partial charge on any atom is -0.370 e. The van der Waals surface area contributed by atoms with Crippen molar-refractivity contribution in [3.63, 3.8) is 0 Å². The number of hydrogen-bond donors (Lipinski definition) is 3. The lowest BCUT2D eigenvalue weighted by atomic mass is 10.1. The second-order valence-electron chi connectivity index (χ2n) is 4.59. The molecule has 5 N–H and O–H groups in total. The summed E-state index contributed by atoms with van der Waals surface area (Å²) in [5, 5.41) is 2.73. The third kappa shape index (κ3) is 2.37. The van der Waals surface area contributed by atoms with Crippen LogP contribution in [0.15, 0.2) is 0 Å². The fraction of sp³-hybridized carbons (Fsp3) is 0.700. The Morgan fingerprint density at radius 2 is 2.17 bits per heavy atom. The van der Waals surface area contributed by atoms with E-state index in [4.69, 9.17) is 11.5 Å². The third-order valence-corrected chi connectivity index (χ3v) is 3.28. The van der Waals surface area contributed by atoms with Gasteiger partial charge in [0, 0.05) is 26.2 Å². The molecule has 0 aromatic carbocycles. The van der Waals surface area contributed by atoms with Crippen LogP contribution >= 0.6 is 0 Å². The number of nitrogens with zero attached hydrogens (tertiary/aromatic N) is 2. The summed E-state index contributed by atoms with van der Waals surface area (Å²) in [5.74, 6) is -0.875. The second kappa shape index (κ2) is 4.81. The van der Waals surface area contributed by atoms with Crippen molar-refractivity contribution in [2.45, 2.75) is 18.5 Å². The van der Waals surface area contributed by atoms with Crippen LogP contribution in [0.3, 0.4) is 0 Å². The Hall–Kier alpha value is -1.83. The number of rotatable bonds is 3. The van der Waals surface area contributed by atoms with E-state index in [-0.39, 0.29) is 24.4 Å². The van der Waals surface area contributed by atoms with Gasteiger partial charge in [-0.1, -0.05) is 0 Å². The van der Waals surface area contributed by atoms with Gasteiger partial charge in [-0.25, -0.2) is 4.79 Å². The maximum atomic E-state index is 12.0. The van der Waals surface area contributed by atoms with Gasteiger partial charge in [0.25, 0.3) is 0 Å². The number of urea groups is 1. The predicted molar refractivity (Wildman–Crippen MR) is 62.3 cm³/mol. The Morgan fingerprint density at radius 1 is 1.44 bits per heavy atom. The van der Waals surface area contributed by atoms with Crippen molar-refractivity contribution < 1.29 is 14.4 Å². The summed E-state index contributed by atoms with van der Waals surface area (Å²) in [6.07, 6.45) is -0.152. The van der Waals surface area contributed by atoms with Crippen molar-refractivity contribution in [1.29, 1.82) is 0 Å². The maximum Gasteiger partial charge on any atom is 0.317 e. The molecule has 2 saturated heterocycles. The highest BCUT2D eigenvalue weighted by atomic mass is 16.2. The summed E-state index contributed by atoms with van der Waals surface area (Å²) in [7, 11) is 0. The molecule has 0 spiro atoms. The summed E-state index contributed by atoms with van der Waals surface area (Å²) in [6.45, 7) is 1.92. The topological polar surface area (TPSA) is 122 Å². The van der Waals surface area contributed by atoms with Gasteiger partial charge in [-0.2, -0.15) is 0 Å². The van der Waals surface area contributed by atoms with Crippen molar-refractivity contribution in [3.05, 3.63) is 0 Å². The summed E-state index contributed by atoms with van der Waals surface area (Å²) in [5.41, 5.74) is 10.6. The lowest BCUT2D eigenvalue weighted by Gasteiger charge is -2.37. The Labute approximate surface area is 104 Å². The molecule has 2 unspecified atom stereocenters. The normalized spacial score (nSPS) is 24.5. The number of carbonyl (C=O) groups is 3. The second-order valence-corrected chi connectivity index (χ2v) is 4.59. The Kier molecular flexibility index (Phi) is 3.37. The predicted octanol–water partition coefficient (Wildman–Crippen LogP) is -2.57. The Bertz CT molecular complexity index is 386. The van der Waals surface area contributed by atoms with Gasteiger partial charge < -0.3 is 26.6 Å². The molecular formula is C10H17N5O3. The smallest absolute Gasteiger partial charge is 0.317 e. The number of carbonyl (C=O) groups excluding carboxylic acids is 3. The van der Waals surface area contributed by atoms with E-state index in [0.29, 0.717) is 26.2 Å². The van der Waals surface area contributed by atoms with Crippen molar-refractivity contribution in [2.24, 2.45) is 11.5 Å². The van der Waals surface area contributed by atoms with Gasteiger partial charge in [-0.3, -0.25) is 9.59 Å². The van der Waals surface area contributed by atoms with Crippen LogP contribution in [0.2, 0.25) is 0 Å². The van der Waals surface area contributed by atoms with Gasteiger partial charge in [0.05, 0.1) is 18.5 Å². The largest absolute Gasteiger partial charge is 0.370 e. The molecular weight excluding hydrogens is 238 g/mol. The zero-order valence-electron chi connectivity index (χ0n) is 9.96. The maximum absolute atomic E-state index is 12.0. The fourth-order valence-corrected chi connectivity index (χ4v) is 2.34. The SMILES string of the molecule is NC(=O)CC(N)C(=O)N1CCN2C(=O)NCC2C1. The van der Waals surface area contributed by atoms with Crippen molar-refractivity contribution >= 4 is 17.8 Å². The average molecular weight is 255 g/mol. The molecule has 0 aromatic heterocycles.